The Labute approximate surface area is 405 Å². The van der Waals surface area contributed by atoms with Gasteiger partial charge in [-0.1, -0.05) is 213 Å². The van der Waals surface area contributed by atoms with E-state index in [1.165, 1.54) is 44.9 Å². The summed E-state index contributed by atoms with van der Waals surface area (Å²) in [6.45, 7) is 6.35. The van der Waals surface area contributed by atoms with Crippen molar-refractivity contribution in [3.8, 4) is 0 Å². The van der Waals surface area contributed by atoms with Crippen molar-refractivity contribution >= 4 is 17.9 Å². The van der Waals surface area contributed by atoms with Gasteiger partial charge < -0.3 is 14.2 Å². The Bertz CT molecular complexity index is 1420. The fourth-order valence-corrected chi connectivity index (χ4v) is 6.73. The average molecular weight is 913 g/mol. The first-order valence-electron chi connectivity index (χ1n) is 26.5. The van der Waals surface area contributed by atoms with Crippen LogP contribution in [-0.2, 0) is 28.6 Å². The van der Waals surface area contributed by atoms with Crippen molar-refractivity contribution in [1.29, 1.82) is 0 Å². The minimum absolute atomic E-state index is 0.103. The monoisotopic (exact) mass is 913 g/mol. The van der Waals surface area contributed by atoms with Crippen LogP contribution in [0.5, 0.6) is 0 Å². The van der Waals surface area contributed by atoms with Crippen LogP contribution < -0.4 is 0 Å². The standard InChI is InChI=1S/C60H96O6/c1-4-7-10-13-15-17-19-21-23-24-25-26-27-28-29-30-31-32-33-34-35-36-37-39-40-42-44-47-50-53-59(62)65-56-57(55-64-58(61)52-49-46-12-9-6-3)66-60(63)54-51-48-45-43-41-38-22-20-18-16-14-11-8-5-2/h7,10,15,17,20-23,25-26,28-29,31-32,34-35,37,39,42,44,57H,4-6,8-9,11-14,16,18-19,24,27,30,33,36,38,40-41,43,45-56H2,1-3H3/b10-7-,17-15-,22-20-,23-21-,26-25-,29-28-,32-31-,35-34-,39-37-,44-42-. The molecule has 0 N–H and O–H groups in total. The van der Waals surface area contributed by atoms with E-state index in [2.05, 4.69) is 142 Å². The first-order chi connectivity index (χ1) is 32.5. The van der Waals surface area contributed by atoms with Gasteiger partial charge in [0.1, 0.15) is 13.2 Å². The largest absolute Gasteiger partial charge is 0.462 e. The third-order valence-corrected chi connectivity index (χ3v) is 10.7. The van der Waals surface area contributed by atoms with E-state index in [4.69, 9.17) is 14.2 Å². The first-order valence-corrected chi connectivity index (χ1v) is 26.5. The summed E-state index contributed by atoms with van der Waals surface area (Å²) in [5, 5.41) is 0. The lowest BCUT2D eigenvalue weighted by atomic mass is 10.1. The number of hydrogen-bond donors (Lipinski definition) is 0. The quantitative estimate of drug-likeness (QED) is 0.0262. The maximum Gasteiger partial charge on any atom is 0.306 e. The number of esters is 3. The SMILES string of the molecule is CC/C=C\C/C=C\C/C=C\C/C=C\C/C=C\C/C=C\C/C=C\C/C=C\C/C=C\CCCC(=O)OCC(COC(=O)CCCCCCC)OC(=O)CCCCCCC/C=C\CCCCCCC. The Morgan fingerprint density at radius 1 is 0.318 bits per heavy atom. The lowest BCUT2D eigenvalue weighted by Gasteiger charge is -2.18. The van der Waals surface area contributed by atoms with E-state index in [0.717, 1.165) is 128 Å². The van der Waals surface area contributed by atoms with Crippen LogP contribution in [0.2, 0.25) is 0 Å². The van der Waals surface area contributed by atoms with Crippen LogP contribution >= 0.6 is 0 Å². The Morgan fingerprint density at radius 2 is 0.606 bits per heavy atom. The van der Waals surface area contributed by atoms with E-state index in [9.17, 15) is 14.4 Å². The second kappa shape index (κ2) is 53.4. The molecule has 0 aromatic heterocycles. The Hall–Kier alpha value is -4.19. The van der Waals surface area contributed by atoms with Crippen molar-refractivity contribution in [2.24, 2.45) is 0 Å². The molecular formula is C60H96O6. The third-order valence-electron chi connectivity index (χ3n) is 10.7. The van der Waals surface area contributed by atoms with Gasteiger partial charge in [0, 0.05) is 19.3 Å². The van der Waals surface area contributed by atoms with Crippen molar-refractivity contribution in [2.45, 2.75) is 226 Å². The maximum atomic E-state index is 12.7. The van der Waals surface area contributed by atoms with Gasteiger partial charge in [0.25, 0.3) is 0 Å². The smallest absolute Gasteiger partial charge is 0.306 e. The van der Waals surface area contributed by atoms with Crippen LogP contribution in [0.4, 0.5) is 0 Å². The lowest BCUT2D eigenvalue weighted by Crippen LogP contribution is -2.30. The highest BCUT2D eigenvalue weighted by molar-refractivity contribution is 5.71. The number of unbranched alkanes of at least 4 members (excludes halogenated alkanes) is 15. The van der Waals surface area contributed by atoms with Crippen molar-refractivity contribution < 1.29 is 28.6 Å². The maximum absolute atomic E-state index is 12.7. The molecule has 0 amide bonds. The molecule has 0 bridgehead atoms. The molecule has 6 nitrogen and oxygen atoms in total. The fraction of sp³-hybridized carbons (Fsp3) is 0.617. The Morgan fingerprint density at radius 3 is 1.00 bits per heavy atom. The topological polar surface area (TPSA) is 78.9 Å². The molecule has 0 radical (unpaired) electrons. The molecule has 372 valence electrons. The molecular weight excluding hydrogens is 817 g/mol. The molecule has 0 aromatic rings. The number of hydrogen-bond acceptors (Lipinski definition) is 6. The zero-order chi connectivity index (χ0) is 47.9. The molecule has 0 aliphatic heterocycles. The summed E-state index contributed by atoms with van der Waals surface area (Å²) < 4.78 is 16.6. The molecule has 0 aromatic carbocycles. The summed E-state index contributed by atoms with van der Waals surface area (Å²) in [4.78, 5) is 37.6. The van der Waals surface area contributed by atoms with Gasteiger partial charge in [-0.15, -0.1) is 0 Å². The highest BCUT2D eigenvalue weighted by atomic mass is 16.6. The molecule has 0 heterocycles. The van der Waals surface area contributed by atoms with E-state index >= 15 is 0 Å². The van der Waals surface area contributed by atoms with Crippen LogP contribution in [0.3, 0.4) is 0 Å². The highest BCUT2D eigenvalue weighted by Gasteiger charge is 2.19. The molecule has 6 heteroatoms. The van der Waals surface area contributed by atoms with Gasteiger partial charge in [-0.25, -0.2) is 0 Å². The van der Waals surface area contributed by atoms with Crippen LogP contribution in [0, 0.1) is 0 Å². The molecule has 0 spiro atoms. The summed E-state index contributed by atoms with van der Waals surface area (Å²) in [5.41, 5.74) is 0. The summed E-state index contributed by atoms with van der Waals surface area (Å²) >= 11 is 0. The summed E-state index contributed by atoms with van der Waals surface area (Å²) in [6, 6.07) is 0. The molecule has 1 atom stereocenters. The van der Waals surface area contributed by atoms with E-state index in [1.807, 2.05) is 0 Å². The molecule has 0 saturated carbocycles. The van der Waals surface area contributed by atoms with E-state index in [0.29, 0.717) is 19.3 Å². The number of carbonyl (C=O) groups excluding carboxylic acids is 3. The fourth-order valence-electron chi connectivity index (χ4n) is 6.73. The number of allylic oxidation sites excluding steroid dienone is 20. The van der Waals surface area contributed by atoms with Gasteiger partial charge in [-0.3, -0.25) is 14.4 Å². The van der Waals surface area contributed by atoms with Gasteiger partial charge >= 0.3 is 17.9 Å². The molecule has 66 heavy (non-hydrogen) atoms. The third kappa shape index (κ3) is 50.8. The molecule has 0 saturated heterocycles. The van der Waals surface area contributed by atoms with Crippen molar-refractivity contribution in [2.75, 3.05) is 13.2 Å². The molecule has 0 aliphatic rings. The lowest BCUT2D eigenvalue weighted by molar-refractivity contribution is -0.167. The van der Waals surface area contributed by atoms with Gasteiger partial charge in [-0.05, 0) is 109 Å². The summed E-state index contributed by atoms with van der Waals surface area (Å²) in [5.74, 6) is -0.996. The zero-order valence-corrected chi connectivity index (χ0v) is 42.4. The average Bonchev–Trinajstić information content (AvgIpc) is 3.31. The number of carbonyl (C=O) groups is 3. The molecule has 0 aliphatic carbocycles. The van der Waals surface area contributed by atoms with Crippen molar-refractivity contribution in [3.63, 3.8) is 0 Å². The van der Waals surface area contributed by atoms with Crippen molar-refractivity contribution in [3.05, 3.63) is 122 Å². The van der Waals surface area contributed by atoms with Crippen LogP contribution in [0.15, 0.2) is 122 Å². The van der Waals surface area contributed by atoms with Gasteiger partial charge in [0.05, 0.1) is 0 Å². The molecule has 0 rings (SSSR count). The number of rotatable bonds is 46. The Balaban J connectivity index is 4.26. The van der Waals surface area contributed by atoms with Gasteiger partial charge in [0.15, 0.2) is 6.10 Å². The Kier molecular flexibility index (Phi) is 50.0. The van der Waals surface area contributed by atoms with Crippen LogP contribution in [0.25, 0.3) is 0 Å². The van der Waals surface area contributed by atoms with Crippen molar-refractivity contribution in [1.82, 2.24) is 0 Å². The van der Waals surface area contributed by atoms with Crippen LogP contribution in [-0.4, -0.2) is 37.2 Å². The van der Waals surface area contributed by atoms with Gasteiger partial charge in [0.2, 0.25) is 0 Å². The summed E-state index contributed by atoms with van der Waals surface area (Å²) in [6.07, 6.45) is 73.8. The molecule has 0 fully saturated rings. The first kappa shape index (κ1) is 61.8. The number of ether oxygens (including phenoxy) is 3. The van der Waals surface area contributed by atoms with E-state index in [1.54, 1.807) is 0 Å². The summed E-state index contributed by atoms with van der Waals surface area (Å²) in [7, 11) is 0. The normalized spacial score (nSPS) is 13.1. The van der Waals surface area contributed by atoms with E-state index < -0.39 is 6.10 Å². The molecule has 1 unspecified atom stereocenters. The second-order valence-electron chi connectivity index (χ2n) is 17.1. The predicted molar refractivity (Wildman–Crippen MR) is 283 cm³/mol. The van der Waals surface area contributed by atoms with Gasteiger partial charge in [-0.2, -0.15) is 0 Å². The second-order valence-corrected chi connectivity index (χ2v) is 17.1. The minimum Gasteiger partial charge on any atom is -0.462 e. The van der Waals surface area contributed by atoms with E-state index in [-0.39, 0.29) is 37.5 Å². The highest BCUT2D eigenvalue weighted by Crippen LogP contribution is 2.12. The van der Waals surface area contributed by atoms with Crippen LogP contribution in [0.1, 0.15) is 220 Å². The minimum atomic E-state index is -0.804. The predicted octanol–water partition coefficient (Wildman–Crippen LogP) is 17.7. The zero-order valence-electron chi connectivity index (χ0n) is 42.4.